The van der Waals surface area contributed by atoms with Gasteiger partial charge in [-0.05, 0) is 39.5 Å². The van der Waals surface area contributed by atoms with Gasteiger partial charge in [-0.1, -0.05) is 27.2 Å². The molecule has 27 heavy (non-hydrogen) atoms. The van der Waals surface area contributed by atoms with Crippen LogP contribution in [-0.2, 0) is 22.9 Å². The molecule has 0 radical (unpaired) electrons. The van der Waals surface area contributed by atoms with Crippen molar-refractivity contribution < 1.29 is 57.5 Å². The maximum Gasteiger partial charge on any atom is 1.00 e. The van der Waals surface area contributed by atoms with E-state index >= 15 is 0 Å². The van der Waals surface area contributed by atoms with E-state index in [1.165, 1.54) is 0 Å². The summed E-state index contributed by atoms with van der Waals surface area (Å²) in [5.74, 6) is -1.20. The fourth-order valence-corrected chi connectivity index (χ4v) is 3.96. The van der Waals surface area contributed by atoms with Crippen LogP contribution >= 0.6 is 0 Å². The molecule has 8 nitrogen and oxygen atoms in total. The third-order valence-corrected chi connectivity index (χ3v) is 6.06. The van der Waals surface area contributed by atoms with E-state index in [4.69, 9.17) is 13.3 Å². The molecule has 1 heterocycles. The Balaban J connectivity index is 0. The zero-order valence-corrected chi connectivity index (χ0v) is 20.9. The van der Waals surface area contributed by atoms with Crippen LogP contribution in [0.25, 0.3) is 0 Å². The van der Waals surface area contributed by atoms with Crippen molar-refractivity contribution in [1.29, 1.82) is 0 Å². The number of nitrogens with zero attached hydrogens (tertiary/aromatic N) is 1. The molecule has 10 heteroatoms. The summed E-state index contributed by atoms with van der Waals surface area (Å²) in [5, 5.41) is 13.1. The Morgan fingerprint density at radius 1 is 1.07 bits per heavy atom. The van der Waals surface area contributed by atoms with E-state index in [9.17, 15) is 14.7 Å². The maximum absolute atomic E-state index is 11.9. The van der Waals surface area contributed by atoms with Crippen LogP contribution in [0.5, 0.6) is 0 Å². The first-order valence-corrected chi connectivity index (χ1v) is 10.7. The van der Waals surface area contributed by atoms with Crippen LogP contribution in [0.2, 0.25) is 0 Å². The smallest absolute Gasteiger partial charge is 0.846 e. The van der Waals surface area contributed by atoms with E-state index in [1.807, 2.05) is 34.6 Å². The molecule has 1 N–H and O–H groups in total. The van der Waals surface area contributed by atoms with Crippen molar-refractivity contribution in [3.63, 3.8) is 0 Å². The van der Waals surface area contributed by atoms with Crippen LogP contribution in [0.4, 0.5) is 0 Å². The average Bonchev–Trinajstić information content (AvgIpc) is 2.56. The Kier molecular flexibility index (Phi) is 16.7. The second-order valence-electron chi connectivity index (χ2n) is 5.85. The van der Waals surface area contributed by atoms with Crippen molar-refractivity contribution in [1.82, 2.24) is 5.32 Å². The van der Waals surface area contributed by atoms with Gasteiger partial charge in [0.2, 0.25) is 5.91 Å². The molecule has 0 aromatic heterocycles. The molecule has 0 aliphatic carbocycles. The van der Waals surface area contributed by atoms with Crippen LogP contribution in [0.15, 0.2) is 4.99 Å². The minimum absolute atomic E-state index is 0. The molecule has 1 aliphatic rings. The van der Waals surface area contributed by atoms with Gasteiger partial charge in [-0.15, -0.1) is 0 Å². The van der Waals surface area contributed by atoms with Crippen molar-refractivity contribution in [3.05, 3.63) is 0 Å². The number of rotatable bonds is 10. The number of hydrogen-bond acceptors (Lipinski definition) is 6. The fourth-order valence-electron chi connectivity index (χ4n) is 2.85. The molecule has 0 aromatic carbocycles. The van der Waals surface area contributed by atoms with Crippen LogP contribution < -0.4 is 40.0 Å². The summed E-state index contributed by atoms with van der Waals surface area (Å²) in [7, 11) is -1.73. The molecule has 0 fully saturated rings. The first-order chi connectivity index (χ1) is 12.3. The molecule has 2 atom stereocenters. The zero-order chi connectivity index (χ0) is 20.2. The molecule has 1 rings (SSSR count). The number of carbonyl (C=O) groups excluding carboxylic acids is 2. The number of aliphatic imine (C=N–C) groups is 1. The van der Waals surface area contributed by atoms with E-state index in [0.717, 1.165) is 12.8 Å². The summed E-state index contributed by atoms with van der Waals surface area (Å²) in [6.45, 7) is 13.5. The average molecular weight is 413 g/mol. The van der Waals surface area contributed by atoms with Crippen LogP contribution in [0.1, 0.15) is 60.8 Å². The zero-order valence-electron chi connectivity index (χ0n) is 17.8. The molecule has 1 aliphatic heterocycles. The van der Waals surface area contributed by atoms with Crippen LogP contribution in [0.3, 0.4) is 0 Å². The van der Waals surface area contributed by atoms with E-state index < -0.39 is 32.8 Å². The molecule has 0 aromatic rings. The molecule has 152 valence electrons. The number of amides is 2. The topological polar surface area (TPSA) is 109 Å². The van der Waals surface area contributed by atoms with Crippen LogP contribution in [0, 0.1) is 11.3 Å². The van der Waals surface area contributed by atoms with Crippen LogP contribution in [-0.4, -0.2) is 47.2 Å². The summed E-state index contributed by atoms with van der Waals surface area (Å²) in [6.07, 6.45) is 2.02. The van der Waals surface area contributed by atoms with Gasteiger partial charge in [-0.2, -0.15) is 0 Å². The summed E-state index contributed by atoms with van der Waals surface area (Å²) in [4.78, 5) is 27.1. The Morgan fingerprint density at radius 3 is 1.89 bits per heavy atom. The van der Waals surface area contributed by atoms with Gasteiger partial charge in [0.15, 0.2) is 0 Å². The van der Waals surface area contributed by atoms with Gasteiger partial charge in [0.05, 0.1) is 6.02 Å². The van der Waals surface area contributed by atoms with Gasteiger partial charge in [-0.3, -0.25) is 9.59 Å². The molecule has 2 amide bonds. The summed E-state index contributed by atoms with van der Waals surface area (Å²) in [6, 6.07) is -0.845. The summed E-state index contributed by atoms with van der Waals surface area (Å²) >= 11 is 0. The van der Waals surface area contributed by atoms with Crippen molar-refractivity contribution in [2.45, 2.75) is 60.8 Å². The molecule has 0 bridgehead atoms. The second kappa shape index (κ2) is 15.6. The third-order valence-electron chi connectivity index (χ3n) is 4.24. The van der Waals surface area contributed by atoms with Gasteiger partial charge < -0.3 is 23.7 Å². The largest absolute Gasteiger partial charge is 1.00 e. The Bertz CT molecular complexity index is 466. The molecule has 0 spiro atoms. The summed E-state index contributed by atoms with van der Waals surface area (Å²) in [5.41, 5.74) is -1.15. The predicted molar refractivity (Wildman–Crippen MR) is 99.4 cm³/mol. The Morgan fingerprint density at radius 2 is 1.56 bits per heavy atom. The SMILES string of the molecule is CCCC(C)C1(CC)C(=O)N=C([O-])NC1=O.CCO[SiH](OCC)OCC.[Na+]. The van der Waals surface area contributed by atoms with Crippen molar-refractivity contribution in [3.8, 4) is 0 Å². The van der Waals surface area contributed by atoms with E-state index in [-0.39, 0.29) is 35.5 Å². The van der Waals surface area contributed by atoms with E-state index in [0.29, 0.717) is 26.2 Å². The summed E-state index contributed by atoms with van der Waals surface area (Å²) < 4.78 is 15.7. The second-order valence-corrected chi connectivity index (χ2v) is 7.42. The maximum atomic E-state index is 11.9. The quantitative estimate of drug-likeness (QED) is 0.329. The van der Waals surface area contributed by atoms with Crippen molar-refractivity contribution in [2.24, 2.45) is 16.3 Å². The molecular formula is C17H33N2NaO6Si. The first kappa shape index (κ1) is 28.9. The predicted octanol–water partition coefficient (Wildman–Crippen LogP) is -1.99. The first-order valence-electron chi connectivity index (χ1n) is 9.30. The fraction of sp³-hybridized carbons (Fsp3) is 0.824. The third kappa shape index (κ3) is 8.72. The van der Waals surface area contributed by atoms with Gasteiger partial charge in [0, 0.05) is 19.8 Å². The Labute approximate surface area is 186 Å². The molecule has 0 saturated heterocycles. The molecule has 2 unspecified atom stereocenters. The van der Waals surface area contributed by atoms with Gasteiger partial charge >= 0.3 is 39.1 Å². The number of hydrogen-bond donors (Lipinski definition) is 1. The minimum atomic E-state index is -1.73. The normalized spacial score (nSPS) is 20.2. The standard InChI is InChI=1S/C11H18N2O3.C6H16O3Si.Na/c1-4-6-7(3)11(5-2)8(14)12-10(16)13-9(11)15;1-4-7-10(8-5-2)9-6-3;/h7H,4-6H2,1-3H3,(H2,12,13,14,15,16);10H,4-6H2,1-3H3;/q;;+1/p-1. The molecule has 0 saturated carbocycles. The van der Waals surface area contributed by atoms with Gasteiger partial charge in [0.1, 0.15) is 5.41 Å². The van der Waals surface area contributed by atoms with Crippen molar-refractivity contribution >= 4 is 27.4 Å². The van der Waals surface area contributed by atoms with E-state index in [2.05, 4.69) is 10.3 Å². The van der Waals surface area contributed by atoms with E-state index in [1.54, 1.807) is 6.92 Å². The van der Waals surface area contributed by atoms with Gasteiger partial charge in [0.25, 0.3) is 5.91 Å². The number of carbonyl (C=O) groups is 2. The monoisotopic (exact) mass is 412 g/mol. The van der Waals surface area contributed by atoms with Crippen molar-refractivity contribution in [2.75, 3.05) is 19.8 Å². The number of amidine groups is 1. The Hall–Kier alpha value is -0.293. The molecular weight excluding hydrogens is 379 g/mol. The number of nitrogens with one attached hydrogen (secondary N) is 1. The minimum Gasteiger partial charge on any atom is -0.846 e. The van der Waals surface area contributed by atoms with Gasteiger partial charge in [-0.25, -0.2) is 4.99 Å².